The highest BCUT2D eigenvalue weighted by Gasteiger charge is 2.94. The van der Waals surface area contributed by atoms with Crippen LogP contribution in [0.3, 0.4) is 0 Å². The zero-order valence-electron chi connectivity index (χ0n) is 15.3. The third kappa shape index (κ3) is 4.27. The van der Waals surface area contributed by atoms with Crippen LogP contribution in [0.4, 0.5) is 70.2 Å². The molecule has 0 bridgehead atoms. The van der Waals surface area contributed by atoms with Gasteiger partial charge in [0, 0.05) is 0 Å². The van der Waals surface area contributed by atoms with Crippen LogP contribution >= 0.6 is 0 Å². The first kappa shape index (κ1) is 31.3. The first-order valence-electron chi connectivity index (χ1n) is 7.66. The molecule has 20 heteroatoms. The first-order chi connectivity index (χ1) is 14.2. The summed E-state index contributed by atoms with van der Waals surface area (Å²) in [5, 5.41) is 18.0. The number of carbonyl (C=O) groups excluding carboxylic acids is 1. The van der Waals surface area contributed by atoms with E-state index in [9.17, 15) is 75.0 Å². The fourth-order valence-electron chi connectivity index (χ4n) is 1.76. The molecule has 0 saturated heterocycles. The van der Waals surface area contributed by atoms with Gasteiger partial charge >= 0.3 is 47.9 Å². The van der Waals surface area contributed by atoms with Crippen molar-refractivity contribution < 1.29 is 85.3 Å². The third-order valence-electron chi connectivity index (χ3n) is 4.06. The second-order valence-electron chi connectivity index (χ2n) is 6.70. The number of alkyl halides is 16. The van der Waals surface area contributed by atoms with Crippen LogP contribution in [-0.4, -0.2) is 82.8 Å². The average Bonchev–Trinajstić information content (AvgIpc) is 2.66. The molecule has 0 unspecified atom stereocenters. The van der Waals surface area contributed by atoms with E-state index in [1.165, 1.54) is 0 Å². The Kier molecular flexibility index (Phi) is 8.04. The van der Waals surface area contributed by atoms with Crippen molar-refractivity contribution >= 4 is 5.91 Å². The molecular formula is C13H11F16NO3. The van der Waals surface area contributed by atoms with Gasteiger partial charge in [0.15, 0.2) is 0 Å². The molecule has 0 fully saturated rings. The zero-order valence-corrected chi connectivity index (χ0v) is 15.3. The van der Waals surface area contributed by atoms with E-state index >= 15 is 0 Å². The number of hydrogen-bond donors (Lipinski definition) is 3. The van der Waals surface area contributed by atoms with E-state index in [0.717, 1.165) is 0 Å². The molecule has 33 heavy (non-hydrogen) atoms. The van der Waals surface area contributed by atoms with Crippen LogP contribution in [0.15, 0.2) is 0 Å². The van der Waals surface area contributed by atoms with Crippen molar-refractivity contribution in [2.75, 3.05) is 13.2 Å². The highest BCUT2D eigenvalue weighted by Crippen LogP contribution is 2.62. The van der Waals surface area contributed by atoms with Crippen molar-refractivity contribution in [2.24, 2.45) is 0 Å². The second-order valence-corrected chi connectivity index (χ2v) is 6.70. The van der Waals surface area contributed by atoms with Crippen LogP contribution in [0.25, 0.3) is 0 Å². The summed E-state index contributed by atoms with van der Waals surface area (Å²) in [6.07, 6.45) is -5.95. The maximum Gasteiger partial charge on any atom is 0.392 e. The Morgan fingerprint density at radius 3 is 1.27 bits per heavy atom. The number of halogens is 16. The van der Waals surface area contributed by atoms with Crippen molar-refractivity contribution in [3.05, 3.63) is 0 Å². The fraction of sp³-hybridized carbons (Fsp3) is 0.923. The number of nitrogens with one attached hydrogen (secondary N) is 1. The molecule has 0 heterocycles. The number of amides is 1. The fourth-order valence-corrected chi connectivity index (χ4v) is 1.76. The average molecular weight is 533 g/mol. The number of aliphatic hydroxyl groups excluding tert-OH is 2. The second kappa shape index (κ2) is 8.49. The van der Waals surface area contributed by atoms with E-state index in [1.54, 1.807) is 0 Å². The Hall–Kier alpha value is -1.73. The number of carbonyl (C=O) groups is 1. The summed E-state index contributed by atoms with van der Waals surface area (Å²) in [6.45, 7) is -2.82. The summed E-state index contributed by atoms with van der Waals surface area (Å²) in [5.41, 5.74) is -2.75. The first-order valence-corrected chi connectivity index (χ1v) is 7.66. The molecule has 0 saturated carbocycles. The Morgan fingerprint density at radius 2 is 0.970 bits per heavy atom. The standard InChI is InChI=1S/C13H11F16NO3/c1-6(2-31,3-32)30-5(33)8(18,19)10(22,23)12(26,27)13(28,29)11(24,25)9(20,21)7(16,17)4(14)15/h4,31-32H,2-3H2,1H3,(H,30,33). The molecule has 0 aliphatic carbocycles. The largest absolute Gasteiger partial charge is 0.394 e. The topological polar surface area (TPSA) is 69.6 Å². The molecule has 0 aromatic heterocycles. The van der Waals surface area contributed by atoms with Gasteiger partial charge in [0.2, 0.25) is 0 Å². The van der Waals surface area contributed by atoms with Gasteiger partial charge < -0.3 is 15.5 Å². The monoisotopic (exact) mass is 533 g/mol. The van der Waals surface area contributed by atoms with Crippen molar-refractivity contribution in [1.29, 1.82) is 0 Å². The third-order valence-corrected chi connectivity index (χ3v) is 4.06. The van der Waals surface area contributed by atoms with E-state index in [1.807, 2.05) is 0 Å². The van der Waals surface area contributed by atoms with Crippen molar-refractivity contribution in [1.82, 2.24) is 5.32 Å². The summed E-state index contributed by atoms with van der Waals surface area (Å²) in [6, 6.07) is 0. The van der Waals surface area contributed by atoms with Crippen molar-refractivity contribution in [3.63, 3.8) is 0 Å². The Morgan fingerprint density at radius 1 is 0.667 bits per heavy atom. The molecule has 0 rings (SSSR count). The molecule has 4 nitrogen and oxygen atoms in total. The molecule has 1 amide bonds. The van der Waals surface area contributed by atoms with Gasteiger partial charge in [0.05, 0.1) is 18.8 Å². The van der Waals surface area contributed by atoms with E-state index in [0.29, 0.717) is 12.2 Å². The van der Waals surface area contributed by atoms with Crippen LogP contribution in [-0.2, 0) is 4.79 Å². The maximum atomic E-state index is 13.6. The Bertz CT molecular complexity index is 718. The summed E-state index contributed by atoms with van der Waals surface area (Å²) < 4.78 is 210. The lowest BCUT2D eigenvalue weighted by molar-refractivity contribution is -0.443. The van der Waals surface area contributed by atoms with Gasteiger partial charge in [-0.2, -0.15) is 61.5 Å². The normalized spacial score (nSPS) is 15.8. The summed E-state index contributed by atoms with van der Waals surface area (Å²) in [5.74, 6) is -60.5. The SMILES string of the molecule is CC(CO)(CO)NC(=O)C(F)(F)C(F)(F)C(F)(F)C(F)(F)C(F)(F)C(F)(F)C(F)(F)C(F)F. The molecule has 0 aromatic carbocycles. The molecule has 198 valence electrons. The molecule has 0 radical (unpaired) electrons. The number of aliphatic hydroxyl groups is 2. The Labute approximate surface area is 171 Å². The van der Waals surface area contributed by atoms with E-state index in [-0.39, 0.29) is 0 Å². The minimum absolute atomic E-state index is 0.382. The molecule has 0 aromatic rings. The quantitative estimate of drug-likeness (QED) is 0.356. The highest BCUT2D eigenvalue weighted by molar-refractivity contribution is 5.85. The van der Waals surface area contributed by atoms with Gasteiger partial charge in [-0.15, -0.1) is 0 Å². The lowest BCUT2D eigenvalue weighted by atomic mass is 9.88. The lowest BCUT2D eigenvalue weighted by Gasteiger charge is -2.42. The maximum absolute atomic E-state index is 13.6. The molecule has 0 atom stereocenters. The van der Waals surface area contributed by atoms with E-state index in [2.05, 4.69) is 0 Å². The van der Waals surface area contributed by atoms with Gasteiger partial charge in [-0.3, -0.25) is 4.79 Å². The molecule has 0 spiro atoms. The van der Waals surface area contributed by atoms with Gasteiger partial charge in [-0.1, -0.05) is 0 Å². The van der Waals surface area contributed by atoms with Crippen molar-refractivity contribution in [2.45, 2.75) is 60.3 Å². The highest BCUT2D eigenvalue weighted by atomic mass is 19.4. The number of hydrogen-bond acceptors (Lipinski definition) is 3. The smallest absolute Gasteiger partial charge is 0.392 e. The van der Waals surface area contributed by atoms with Crippen LogP contribution < -0.4 is 5.32 Å². The molecule has 3 N–H and O–H groups in total. The predicted octanol–water partition coefficient (Wildman–Crippen LogP) is 3.56. The van der Waals surface area contributed by atoms with Gasteiger partial charge in [0.1, 0.15) is 0 Å². The van der Waals surface area contributed by atoms with Crippen LogP contribution in [0.5, 0.6) is 0 Å². The summed E-state index contributed by atoms with van der Waals surface area (Å²) >= 11 is 0. The molecule has 0 aliphatic rings. The van der Waals surface area contributed by atoms with Crippen LogP contribution in [0, 0.1) is 0 Å². The van der Waals surface area contributed by atoms with Gasteiger partial charge in [-0.05, 0) is 6.92 Å². The zero-order chi connectivity index (χ0) is 27.3. The van der Waals surface area contributed by atoms with E-state index in [4.69, 9.17) is 10.2 Å². The summed E-state index contributed by atoms with van der Waals surface area (Å²) in [4.78, 5) is 11.2. The molecule has 0 aliphatic heterocycles. The minimum atomic E-state index is -8.62. The number of rotatable bonds is 11. The van der Waals surface area contributed by atoms with Crippen LogP contribution in [0.1, 0.15) is 6.92 Å². The lowest BCUT2D eigenvalue weighted by Crippen LogP contribution is -2.75. The molecular weight excluding hydrogens is 522 g/mol. The predicted molar refractivity (Wildman–Crippen MR) is 71.4 cm³/mol. The van der Waals surface area contributed by atoms with Crippen molar-refractivity contribution in [3.8, 4) is 0 Å². The van der Waals surface area contributed by atoms with Gasteiger partial charge in [-0.25, -0.2) is 8.78 Å². The Balaban J connectivity index is 6.66. The van der Waals surface area contributed by atoms with E-state index < -0.39 is 72.5 Å². The van der Waals surface area contributed by atoms with Crippen LogP contribution in [0.2, 0.25) is 0 Å². The summed E-state index contributed by atoms with van der Waals surface area (Å²) in [7, 11) is 0. The minimum Gasteiger partial charge on any atom is -0.394 e. The van der Waals surface area contributed by atoms with Gasteiger partial charge in [0.25, 0.3) is 5.91 Å².